The molecule has 8 aromatic carbocycles. The first kappa shape index (κ1) is 31.9. The molecule has 0 amide bonds. The Bertz CT molecular complexity index is 3480. The van der Waals surface area contributed by atoms with Crippen LogP contribution in [0.4, 0.5) is 0 Å². The van der Waals surface area contributed by atoms with Gasteiger partial charge in [-0.3, -0.25) is 4.57 Å². The minimum Gasteiger partial charge on any atom is -0.309 e. The van der Waals surface area contributed by atoms with Gasteiger partial charge in [-0.2, -0.15) is 9.97 Å². The predicted molar refractivity (Wildman–Crippen MR) is 237 cm³/mol. The fourth-order valence-corrected chi connectivity index (χ4v) is 9.54. The number of rotatable bonds is 4. The van der Waals surface area contributed by atoms with E-state index < -0.39 is 0 Å². The summed E-state index contributed by atoms with van der Waals surface area (Å²) in [7, 11) is 0. The van der Waals surface area contributed by atoms with Gasteiger partial charge in [0.2, 0.25) is 5.95 Å². The summed E-state index contributed by atoms with van der Waals surface area (Å²) in [5, 5.41) is 12.1. The fourth-order valence-electron chi connectivity index (χ4n) is 9.54. The number of hydrogen-bond donors (Lipinski definition) is 0. The van der Waals surface area contributed by atoms with Gasteiger partial charge >= 0.3 is 0 Å². The highest BCUT2D eigenvalue weighted by Crippen LogP contribution is 2.50. The molecule has 0 saturated carbocycles. The molecule has 12 rings (SSSR count). The number of benzene rings is 8. The number of hydrogen-bond acceptors (Lipinski definition) is 3. The van der Waals surface area contributed by atoms with Crippen molar-refractivity contribution >= 4 is 75.9 Å². The van der Waals surface area contributed by atoms with Gasteiger partial charge in [0.25, 0.3) is 0 Å². The zero-order valence-electron chi connectivity index (χ0n) is 31.2. The molecule has 0 aliphatic heterocycles. The predicted octanol–water partition coefficient (Wildman–Crippen LogP) is 13.0. The molecule has 2 unspecified atom stereocenters. The van der Waals surface area contributed by atoms with E-state index in [4.69, 9.17) is 15.0 Å². The third-order valence-corrected chi connectivity index (χ3v) is 12.0. The summed E-state index contributed by atoms with van der Waals surface area (Å²) in [6.07, 6.45) is 8.69. The summed E-state index contributed by atoms with van der Waals surface area (Å²) in [6.45, 7) is 2.24. The maximum atomic E-state index is 5.45. The van der Waals surface area contributed by atoms with E-state index in [1.807, 2.05) is 18.2 Å². The van der Waals surface area contributed by atoms with E-state index in [1.165, 1.54) is 64.9 Å². The third kappa shape index (κ3) is 4.60. The van der Waals surface area contributed by atoms with Crippen molar-refractivity contribution in [2.75, 3.05) is 0 Å². The fraction of sp³-hybridized carbons (Fsp3) is 0.0577. The molecule has 0 fully saturated rings. The molecule has 3 heterocycles. The lowest BCUT2D eigenvalue weighted by Crippen LogP contribution is -2.15. The number of aromatic nitrogens is 5. The van der Waals surface area contributed by atoms with Crippen LogP contribution in [0.1, 0.15) is 18.7 Å². The minimum absolute atomic E-state index is 0.00875. The summed E-state index contributed by atoms with van der Waals surface area (Å²) in [4.78, 5) is 16.0. The Labute approximate surface area is 328 Å². The zero-order chi connectivity index (χ0) is 37.6. The van der Waals surface area contributed by atoms with Gasteiger partial charge in [0.1, 0.15) is 5.82 Å². The molecule has 57 heavy (non-hydrogen) atoms. The molecule has 0 radical (unpaired) electrons. The molecule has 0 spiro atoms. The average molecular weight is 730 g/mol. The lowest BCUT2D eigenvalue weighted by molar-refractivity contribution is 0.597. The highest BCUT2D eigenvalue weighted by molar-refractivity contribution is 6.44. The lowest BCUT2D eigenvalue weighted by Gasteiger charge is -2.21. The van der Waals surface area contributed by atoms with Gasteiger partial charge in [0.15, 0.2) is 5.82 Å². The van der Waals surface area contributed by atoms with Crippen LogP contribution in [-0.4, -0.2) is 24.1 Å². The molecular formula is C52H35N5. The molecule has 2 atom stereocenters. The van der Waals surface area contributed by atoms with Crippen molar-refractivity contribution in [1.82, 2.24) is 24.1 Å². The monoisotopic (exact) mass is 729 g/mol. The number of para-hydroxylation sites is 3. The summed E-state index contributed by atoms with van der Waals surface area (Å²) < 4.78 is 4.79. The zero-order valence-corrected chi connectivity index (χ0v) is 31.2. The van der Waals surface area contributed by atoms with Crippen LogP contribution >= 0.6 is 0 Å². The Balaban J connectivity index is 1.34. The van der Waals surface area contributed by atoms with Crippen LogP contribution in [0.3, 0.4) is 0 Å². The van der Waals surface area contributed by atoms with Crippen molar-refractivity contribution in [3.8, 4) is 23.0 Å². The van der Waals surface area contributed by atoms with Crippen LogP contribution in [0.25, 0.3) is 99.0 Å². The molecule has 0 N–H and O–H groups in total. The second-order valence-corrected chi connectivity index (χ2v) is 15.2. The summed E-state index contributed by atoms with van der Waals surface area (Å²) in [6, 6.07) is 56.6. The van der Waals surface area contributed by atoms with E-state index in [0.717, 1.165) is 28.1 Å². The Morgan fingerprint density at radius 2 is 0.947 bits per heavy atom. The third-order valence-electron chi connectivity index (χ3n) is 12.0. The smallest absolute Gasteiger partial charge is 0.238 e. The molecule has 3 aromatic heterocycles. The molecule has 11 aromatic rings. The van der Waals surface area contributed by atoms with Gasteiger partial charge in [0.05, 0.1) is 22.1 Å². The second kappa shape index (κ2) is 12.3. The van der Waals surface area contributed by atoms with E-state index in [-0.39, 0.29) is 11.8 Å². The Morgan fingerprint density at radius 3 is 1.65 bits per heavy atom. The van der Waals surface area contributed by atoms with Crippen LogP contribution in [0.5, 0.6) is 0 Å². The van der Waals surface area contributed by atoms with Crippen LogP contribution in [0, 0.1) is 5.92 Å². The van der Waals surface area contributed by atoms with Crippen molar-refractivity contribution in [2.45, 2.75) is 12.8 Å². The van der Waals surface area contributed by atoms with Crippen LogP contribution in [0.15, 0.2) is 182 Å². The van der Waals surface area contributed by atoms with Gasteiger partial charge in [0, 0.05) is 54.9 Å². The van der Waals surface area contributed by atoms with Crippen molar-refractivity contribution in [2.24, 2.45) is 5.92 Å². The number of fused-ring (bicyclic) bond motifs is 15. The molecule has 0 bridgehead atoms. The van der Waals surface area contributed by atoms with Crippen molar-refractivity contribution < 1.29 is 0 Å². The maximum Gasteiger partial charge on any atom is 0.238 e. The first-order valence-electron chi connectivity index (χ1n) is 19.7. The average Bonchev–Trinajstić information content (AvgIpc) is 3.81. The van der Waals surface area contributed by atoms with Crippen LogP contribution in [0.2, 0.25) is 0 Å². The summed E-state index contributed by atoms with van der Waals surface area (Å²) in [5.41, 5.74) is 6.64. The standard InChI is InChI=1S/C52H35N5/c1-32-18-8-9-23-35(32)51-53-50(33-19-4-2-5-20-33)54-52(55-51)57-43-31-17-14-28-40(43)44-36-24-10-11-25-37(36)45-46(49(44)57)38-26-12-13-27-39(38)48-47(45)41-29-15-16-30-42(41)56(48)34-21-6-3-7-22-34/h2-32,35H,1H3. The molecule has 1 aliphatic rings. The van der Waals surface area contributed by atoms with Crippen LogP contribution < -0.4 is 0 Å². The van der Waals surface area contributed by atoms with Crippen LogP contribution in [-0.2, 0) is 0 Å². The van der Waals surface area contributed by atoms with Crippen molar-refractivity contribution in [3.63, 3.8) is 0 Å². The van der Waals surface area contributed by atoms with E-state index in [9.17, 15) is 0 Å². The summed E-state index contributed by atoms with van der Waals surface area (Å²) in [5.74, 6) is 2.29. The Morgan fingerprint density at radius 1 is 0.421 bits per heavy atom. The normalized spacial score (nSPS) is 15.7. The summed E-state index contributed by atoms with van der Waals surface area (Å²) >= 11 is 0. The largest absolute Gasteiger partial charge is 0.309 e. The van der Waals surface area contributed by atoms with Gasteiger partial charge in [-0.25, -0.2) is 4.98 Å². The van der Waals surface area contributed by atoms with E-state index >= 15 is 0 Å². The highest BCUT2D eigenvalue weighted by atomic mass is 15.2. The first-order valence-corrected chi connectivity index (χ1v) is 19.7. The Hall–Kier alpha value is -7.37. The van der Waals surface area contributed by atoms with Crippen molar-refractivity contribution in [1.29, 1.82) is 0 Å². The molecule has 0 saturated heterocycles. The molecule has 1 aliphatic carbocycles. The van der Waals surface area contributed by atoms with Crippen molar-refractivity contribution in [3.05, 3.63) is 188 Å². The second-order valence-electron chi connectivity index (χ2n) is 15.2. The quantitative estimate of drug-likeness (QED) is 0.169. The van der Waals surface area contributed by atoms with E-state index in [1.54, 1.807) is 0 Å². The van der Waals surface area contributed by atoms with Gasteiger partial charge in [-0.15, -0.1) is 0 Å². The lowest BCUT2D eigenvalue weighted by atomic mass is 9.89. The van der Waals surface area contributed by atoms with Gasteiger partial charge in [-0.1, -0.05) is 165 Å². The molecule has 5 heteroatoms. The minimum atomic E-state index is 0.00875. The van der Waals surface area contributed by atoms with E-state index in [0.29, 0.717) is 11.8 Å². The Kier molecular flexibility index (Phi) is 6.90. The SMILES string of the molecule is CC1C=CC=CC1c1nc(-c2ccccc2)nc(-n2c3ccccc3c3c4ccccc4c4c5c6ccccc6n(-c6ccccc6)c5c5ccccc5c4c32)n1. The first-order chi connectivity index (χ1) is 28.2. The number of allylic oxidation sites excluding steroid dienone is 4. The van der Waals surface area contributed by atoms with Gasteiger partial charge < -0.3 is 4.57 Å². The highest BCUT2D eigenvalue weighted by Gasteiger charge is 2.28. The number of nitrogens with zero attached hydrogens (tertiary/aromatic N) is 5. The molecule has 268 valence electrons. The maximum absolute atomic E-state index is 5.45. The molecule has 5 nitrogen and oxygen atoms in total. The topological polar surface area (TPSA) is 48.5 Å². The molecular weight excluding hydrogens is 695 g/mol. The van der Waals surface area contributed by atoms with E-state index in [2.05, 4.69) is 180 Å². The van der Waals surface area contributed by atoms with Gasteiger partial charge in [-0.05, 0) is 46.3 Å².